The molecule has 1 aliphatic heterocycles. The SMILES string of the molecule is C1CO1.[Li+]. The van der Waals surface area contributed by atoms with E-state index in [2.05, 4.69) is 4.74 Å². The molecule has 1 fully saturated rings. The molecule has 0 aromatic carbocycles. The Morgan fingerprint density at radius 3 is 1.50 bits per heavy atom. The molecule has 18 valence electrons. The fourth-order valence-electron chi connectivity index (χ4n) is 0. The standard InChI is InChI=1S/C2H4O.Li/c1-2-3-1;/h1-2H2;/q;+1. The Morgan fingerprint density at radius 2 is 1.50 bits per heavy atom. The second-order valence-corrected chi connectivity index (χ2v) is 0.612. The zero-order valence-electron chi connectivity index (χ0n) is 2.82. The Labute approximate surface area is 37.5 Å². The van der Waals surface area contributed by atoms with Crippen LogP contribution in [0.15, 0.2) is 0 Å². The van der Waals surface area contributed by atoms with Crippen LogP contribution in [0.4, 0.5) is 0 Å². The van der Waals surface area contributed by atoms with Crippen LogP contribution in [-0.2, 0) is 4.74 Å². The van der Waals surface area contributed by atoms with Gasteiger partial charge < -0.3 is 4.74 Å². The van der Waals surface area contributed by atoms with Crippen LogP contribution in [0.25, 0.3) is 0 Å². The molecule has 2 heteroatoms. The van der Waals surface area contributed by atoms with Crippen LogP contribution >= 0.6 is 0 Å². The molecule has 0 aromatic heterocycles. The van der Waals surface area contributed by atoms with Gasteiger partial charge >= 0.3 is 18.9 Å². The predicted octanol–water partition coefficient (Wildman–Crippen LogP) is -2.98. The second kappa shape index (κ2) is 1.84. The molecule has 0 aromatic rings. The molecule has 1 saturated heterocycles. The van der Waals surface area contributed by atoms with Crippen LogP contribution in [0.2, 0.25) is 0 Å². The van der Waals surface area contributed by atoms with Crippen molar-refractivity contribution < 1.29 is 23.6 Å². The van der Waals surface area contributed by atoms with Crippen molar-refractivity contribution in [2.75, 3.05) is 13.2 Å². The van der Waals surface area contributed by atoms with Crippen LogP contribution < -0.4 is 18.9 Å². The number of hydrogen-bond acceptors (Lipinski definition) is 1. The topological polar surface area (TPSA) is 12.5 Å². The molecule has 1 nitrogen and oxygen atoms in total. The third kappa shape index (κ3) is 2.56. The zero-order chi connectivity index (χ0) is 2.12. The van der Waals surface area contributed by atoms with Gasteiger partial charge in [0.05, 0.1) is 13.2 Å². The summed E-state index contributed by atoms with van der Waals surface area (Å²) in [5.41, 5.74) is 0. The van der Waals surface area contributed by atoms with Gasteiger partial charge in [-0.3, -0.25) is 0 Å². The van der Waals surface area contributed by atoms with Gasteiger partial charge in [-0.15, -0.1) is 0 Å². The average Bonchev–Trinajstić information content (AvgIpc) is 1.46. The van der Waals surface area contributed by atoms with Crippen LogP contribution in [0, 0.1) is 0 Å². The second-order valence-electron chi connectivity index (χ2n) is 0.612. The van der Waals surface area contributed by atoms with E-state index in [1.54, 1.807) is 0 Å². The molecular weight excluding hydrogens is 47.0 g/mol. The smallest absolute Gasteiger partial charge is 0.377 e. The summed E-state index contributed by atoms with van der Waals surface area (Å²) in [4.78, 5) is 0. The van der Waals surface area contributed by atoms with Gasteiger partial charge in [0, 0.05) is 0 Å². The third-order valence-electron chi connectivity index (χ3n) is 0.204. The minimum atomic E-state index is 0. The Kier molecular flexibility index (Phi) is 2.09. The molecule has 0 atom stereocenters. The van der Waals surface area contributed by atoms with Gasteiger partial charge in [0.1, 0.15) is 0 Å². The Hall–Kier alpha value is 0.557. The van der Waals surface area contributed by atoms with Gasteiger partial charge in [0.15, 0.2) is 0 Å². The van der Waals surface area contributed by atoms with E-state index in [0.29, 0.717) is 0 Å². The van der Waals surface area contributed by atoms with Gasteiger partial charge in [-0.25, -0.2) is 0 Å². The quantitative estimate of drug-likeness (QED) is 0.211. The molecule has 1 heterocycles. The average molecular weight is 51.0 g/mol. The van der Waals surface area contributed by atoms with Gasteiger partial charge in [-0.2, -0.15) is 0 Å². The maximum Gasteiger partial charge on any atom is 1.00 e. The van der Waals surface area contributed by atoms with Crippen LogP contribution in [0.3, 0.4) is 0 Å². The maximum absolute atomic E-state index is 4.50. The summed E-state index contributed by atoms with van der Waals surface area (Å²) in [6.45, 7) is 2.00. The van der Waals surface area contributed by atoms with E-state index >= 15 is 0 Å². The van der Waals surface area contributed by atoms with E-state index in [1.165, 1.54) is 0 Å². The molecule has 0 saturated carbocycles. The van der Waals surface area contributed by atoms with Crippen LogP contribution in [-0.4, -0.2) is 13.2 Å². The molecule has 1 rings (SSSR count). The molecule has 0 radical (unpaired) electrons. The van der Waals surface area contributed by atoms with Gasteiger partial charge in [-0.05, 0) is 0 Å². The molecule has 0 bridgehead atoms. The van der Waals surface area contributed by atoms with Gasteiger partial charge in [0.25, 0.3) is 0 Å². The maximum atomic E-state index is 4.50. The molecule has 0 aliphatic carbocycles. The summed E-state index contributed by atoms with van der Waals surface area (Å²) >= 11 is 0. The van der Waals surface area contributed by atoms with Gasteiger partial charge in [0.2, 0.25) is 0 Å². The Morgan fingerprint density at radius 1 is 1.25 bits per heavy atom. The summed E-state index contributed by atoms with van der Waals surface area (Å²) in [5.74, 6) is 0. The predicted molar refractivity (Wildman–Crippen MR) is 10.8 cm³/mol. The molecule has 4 heavy (non-hydrogen) atoms. The molecule has 1 aliphatic rings. The Bertz CT molecular complexity index is 10.8. The first-order chi connectivity index (χ1) is 1.50. The van der Waals surface area contributed by atoms with E-state index in [0.717, 1.165) is 13.2 Å². The summed E-state index contributed by atoms with van der Waals surface area (Å²) in [7, 11) is 0. The van der Waals surface area contributed by atoms with Crippen LogP contribution in [0.1, 0.15) is 0 Å². The summed E-state index contributed by atoms with van der Waals surface area (Å²) in [5, 5.41) is 0. The first-order valence-corrected chi connectivity index (χ1v) is 1.08. The third-order valence-corrected chi connectivity index (χ3v) is 0.204. The van der Waals surface area contributed by atoms with Crippen molar-refractivity contribution in [3.8, 4) is 0 Å². The summed E-state index contributed by atoms with van der Waals surface area (Å²) in [6.07, 6.45) is 0. The molecular formula is C2H4LiO+. The number of epoxide rings is 1. The molecule has 0 amide bonds. The number of rotatable bonds is 0. The normalized spacial score (nSPS) is 18.0. The van der Waals surface area contributed by atoms with E-state index in [9.17, 15) is 0 Å². The monoisotopic (exact) mass is 51.0 g/mol. The minimum absolute atomic E-state index is 0. The van der Waals surface area contributed by atoms with Crippen molar-refractivity contribution in [3.63, 3.8) is 0 Å². The van der Waals surface area contributed by atoms with Crippen molar-refractivity contribution in [1.29, 1.82) is 0 Å². The van der Waals surface area contributed by atoms with Crippen molar-refractivity contribution in [2.24, 2.45) is 0 Å². The van der Waals surface area contributed by atoms with E-state index in [1.807, 2.05) is 0 Å². The summed E-state index contributed by atoms with van der Waals surface area (Å²) < 4.78 is 4.50. The van der Waals surface area contributed by atoms with E-state index in [4.69, 9.17) is 0 Å². The first kappa shape index (κ1) is 4.56. The number of ether oxygens (including phenoxy) is 1. The van der Waals surface area contributed by atoms with Crippen molar-refractivity contribution >= 4 is 0 Å². The molecule has 0 N–H and O–H groups in total. The van der Waals surface area contributed by atoms with Crippen molar-refractivity contribution in [2.45, 2.75) is 0 Å². The summed E-state index contributed by atoms with van der Waals surface area (Å²) in [6, 6.07) is 0. The molecule has 0 spiro atoms. The van der Waals surface area contributed by atoms with Gasteiger partial charge in [-0.1, -0.05) is 0 Å². The molecule has 0 unspecified atom stereocenters. The zero-order valence-corrected chi connectivity index (χ0v) is 2.82. The first-order valence-electron chi connectivity index (χ1n) is 1.08. The fourth-order valence-corrected chi connectivity index (χ4v) is 0. The van der Waals surface area contributed by atoms with E-state index in [-0.39, 0.29) is 18.9 Å². The van der Waals surface area contributed by atoms with E-state index < -0.39 is 0 Å². The van der Waals surface area contributed by atoms with Crippen LogP contribution in [0.5, 0.6) is 0 Å². The largest absolute Gasteiger partial charge is 1.00 e. The van der Waals surface area contributed by atoms with Crippen molar-refractivity contribution in [1.82, 2.24) is 0 Å². The number of hydrogen-bond donors (Lipinski definition) is 0. The fraction of sp³-hybridized carbons (Fsp3) is 1.00. The minimum Gasteiger partial charge on any atom is -0.377 e. The Balaban J connectivity index is 0.0000000900. The van der Waals surface area contributed by atoms with Crippen molar-refractivity contribution in [3.05, 3.63) is 0 Å².